The summed E-state index contributed by atoms with van der Waals surface area (Å²) in [5.74, 6) is -1.06. The molecule has 20 heavy (non-hydrogen) atoms. The van der Waals surface area contributed by atoms with Gasteiger partial charge in [0.25, 0.3) is 0 Å². The molecule has 2 atom stereocenters. The van der Waals surface area contributed by atoms with Gasteiger partial charge in [-0.25, -0.2) is 8.78 Å². The standard InChI is InChI=1S/C16H26F2N2/c1-4-6-9-20(12(3)5-2)16(11-19)14-8-7-13(17)10-15(14)18/h7-8,10,12,16H,4-6,9,11,19H2,1-3H3. The molecule has 2 N–H and O–H groups in total. The minimum atomic E-state index is -0.550. The predicted octanol–water partition coefficient (Wildman–Crippen LogP) is 3.87. The molecule has 2 unspecified atom stereocenters. The van der Waals surface area contributed by atoms with Gasteiger partial charge in [-0.15, -0.1) is 0 Å². The van der Waals surface area contributed by atoms with E-state index in [0.29, 0.717) is 18.2 Å². The summed E-state index contributed by atoms with van der Waals surface area (Å²) in [5.41, 5.74) is 6.37. The second-order valence-electron chi connectivity index (χ2n) is 5.27. The zero-order valence-electron chi connectivity index (χ0n) is 12.7. The van der Waals surface area contributed by atoms with Crippen LogP contribution in [0, 0.1) is 11.6 Å². The lowest BCUT2D eigenvalue weighted by molar-refractivity contribution is 0.138. The van der Waals surface area contributed by atoms with Gasteiger partial charge in [0, 0.05) is 24.2 Å². The van der Waals surface area contributed by atoms with E-state index in [9.17, 15) is 8.78 Å². The molecular weight excluding hydrogens is 258 g/mol. The Morgan fingerprint density at radius 1 is 1.25 bits per heavy atom. The monoisotopic (exact) mass is 284 g/mol. The van der Waals surface area contributed by atoms with Gasteiger partial charge >= 0.3 is 0 Å². The van der Waals surface area contributed by atoms with Gasteiger partial charge in [-0.05, 0) is 32.4 Å². The first-order chi connectivity index (χ1) is 9.54. The molecule has 0 fully saturated rings. The van der Waals surface area contributed by atoms with E-state index in [1.165, 1.54) is 12.1 Å². The largest absolute Gasteiger partial charge is 0.329 e. The summed E-state index contributed by atoms with van der Waals surface area (Å²) >= 11 is 0. The number of unbranched alkanes of at least 4 members (excludes halogenated alkanes) is 1. The SMILES string of the molecule is CCCCN(C(C)CC)C(CN)c1ccc(F)cc1F. The minimum absolute atomic E-state index is 0.197. The Bertz CT molecular complexity index is 409. The van der Waals surface area contributed by atoms with Crippen LogP contribution in [-0.2, 0) is 0 Å². The van der Waals surface area contributed by atoms with Crippen molar-refractivity contribution < 1.29 is 8.78 Å². The highest BCUT2D eigenvalue weighted by molar-refractivity contribution is 5.23. The molecule has 0 aromatic heterocycles. The summed E-state index contributed by atoms with van der Waals surface area (Å²) < 4.78 is 27.1. The Balaban J connectivity index is 3.04. The van der Waals surface area contributed by atoms with Crippen LogP contribution in [0.4, 0.5) is 8.78 Å². The molecule has 4 heteroatoms. The van der Waals surface area contributed by atoms with E-state index in [0.717, 1.165) is 31.9 Å². The van der Waals surface area contributed by atoms with Crippen LogP contribution in [0.3, 0.4) is 0 Å². The van der Waals surface area contributed by atoms with Crippen LogP contribution in [0.5, 0.6) is 0 Å². The van der Waals surface area contributed by atoms with Crippen molar-refractivity contribution in [2.45, 2.75) is 52.1 Å². The van der Waals surface area contributed by atoms with E-state index < -0.39 is 11.6 Å². The first-order valence-corrected chi connectivity index (χ1v) is 7.45. The van der Waals surface area contributed by atoms with E-state index in [1.54, 1.807) is 0 Å². The molecule has 0 spiro atoms. The molecule has 0 saturated carbocycles. The number of hydrogen-bond donors (Lipinski definition) is 1. The lowest BCUT2D eigenvalue weighted by Crippen LogP contribution is -2.40. The molecular formula is C16H26F2N2. The van der Waals surface area contributed by atoms with Crippen molar-refractivity contribution in [3.8, 4) is 0 Å². The second kappa shape index (κ2) is 8.32. The highest BCUT2D eigenvalue weighted by atomic mass is 19.1. The fourth-order valence-electron chi connectivity index (χ4n) is 2.47. The normalized spacial score (nSPS) is 14.6. The topological polar surface area (TPSA) is 29.3 Å². The number of halogens is 2. The molecule has 114 valence electrons. The maximum Gasteiger partial charge on any atom is 0.130 e. The smallest absolute Gasteiger partial charge is 0.130 e. The molecule has 1 rings (SSSR count). The fourth-order valence-corrected chi connectivity index (χ4v) is 2.47. The Kier molecular flexibility index (Phi) is 7.10. The molecule has 0 heterocycles. The first-order valence-electron chi connectivity index (χ1n) is 7.45. The quantitative estimate of drug-likeness (QED) is 0.785. The zero-order valence-corrected chi connectivity index (χ0v) is 12.7. The highest BCUT2D eigenvalue weighted by Gasteiger charge is 2.25. The average molecular weight is 284 g/mol. The number of nitrogens with zero attached hydrogens (tertiary/aromatic N) is 1. The van der Waals surface area contributed by atoms with E-state index in [4.69, 9.17) is 5.73 Å². The van der Waals surface area contributed by atoms with E-state index in [1.807, 2.05) is 0 Å². The Morgan fingerprint density at radius 3 is 2.45 bits per heavy atom. The van der Waals surface area contributed by atoms with Crippen LogP contribution in [-0.4, -0.2) is 24.0 Å². The van der Waals surface area contributed by atoms with Crippen LogP contribution in [0.2, 0.25) is 0 Å². The lowest BCUT2D eigenvalue weighted by atomic mass is 10.0. The van der Waals surface area contributed by atoms with Crippen LogP contribution < -0.4 is 5.73 Å². The van der Waals surface area contributed by atoms with Crippen LogP contribution in [0.15, 0.2) is 18.2 Å². The summed E-state index contributed by atoms with van der Waals surface area (Å²) in [6.45, 7) is 7.57. The average Bonchev–Trinajstić information content (AvgIpc) is 2.44. The predicted molar refractivity (Wildman–Crippen MR) is 79.5 cm³/mol. The molecule has 1 aromatic rings. The third-order valence-electron chi connectivity index (χ3n) is 3.87. The molecule has 0 aliphatic carbocycles. The number of rotatable bonds is 8. The molecule has 0 aliphatic rings. The summed E-state index contributed by atoms with van der Waals surface area (Å²) in [7, 11) is 0. The number of benzene rings is 1. The van der Waals surface area contributed by atoms with Crippen molar-refractivity contribution in [2.24, 2.45) is 5.73 Å². The number of hydrogen-bond acceptors (Lipinski definition) is 2. The van der Waals surface area contributed by atoms with E-state index >= 15 is 0 Å². The van der Waals surface area contributed by atoms with Crippen molar-refractivity contribution in [2.75, 3.05) is 13.1 Å². The third-order valence-corrected chi connectivity index (χ3v) is 3.87. The molecule has 1 aromatic carbocycles. The van der Waals surface area contributed by atoms with Crippen molar-refractivity contribution >= 4 is 0 Å². The van der Waals surface area contributed by atoms with Gasteiger partial charge in [0.15, 0.2) is 0 Å². The molecule has 0 aliphatic heterocycles. The van der Waals surface area contributed by atoms with Crippen molar-refractivity contribution in [1.82, 2.24) is 4.90 Å². The maximum absolute atomic E-state index is 14.0. The van der Waals surface area contributed by atoms with Gasteiger partial charge in [0.1, 0.15) is 11.6 Å². The van der Waals surface area contributed by atoms with E-state index in [2.05, 4.69) is 25.7 Å². The van der Waals surface area contributed by atoms with Crippen molar-refractivity contribution in [1.29, 1.82) is 0 Å². The molecule has 0 radical (unpaired) electrons. The summed E-state index contributed by atoms with van der Waals surface area (Å²) in [4.78, 5) is 2.24. The van der Waals surface area contributed by atoms with Gasteiger partial charge < -0.3 is 5.73 Å². The first kappa shape index (κ1) is 17.1. The zero-order chi connectivity index (χ0) is 15.1. The summed E-state index contributed by atoms with van der Waals surface area (Å²) in [5, 5.41) is 0. The van der Waals surface area contributed by atoms with Gasteiger partial charge in [-0.2, -0.15) is 0 Å². The van der Waals surface area contributed by atoms with Crippen LogP contribution in [0.25, 0.3) is 0 Å². The lowest BCUT2D eigenvalue weighted by Gasteiger charge is -2.36. The Morgan fingerprint density at radius 2 is 1.95 bits per heavy atom. The number of nitrogens with two attached hydrogens (primary N) is 1. The molecule has 0 amide bonds. The van der Waals surface area contributed by atoms with Crippen LogP contribution >= 0.6 is 0 Å². The third kappa shape index (κ3) is 4.25. The highest BCUT2D eigenvalue weighted by Crippen LogP contribution is 2.26. The second-order valence-corrected chi connectivity index (χ2v) is 5.27. The minimum Gasteiger partial charge on any atom is -0.329 e. The van der Waals surface area contributed by atoms with Gasteiger partial charge in [-0.3, -0.25) is 4.90 Å². The molecule has 2 nitrogen and oxygen atoms in total. The van der Waals surface area contributed by atoms with Gasteiger partial charge in [0.05, 0.1) is 6.04 Å². The van der Waals surface area contributed by atoms with E-state index in [-0.39, 0.29) is 6.04 Å². The molecule has 0 bridgehead atoms. The van der Waals surface area contributed by atoms with Crippen LogP contribution in [0.1, 0.15) is 51.6 Å². The summed E-state index contributed by atoms with van der Waals surface area (Å²) in [6, 6.07) is 3.88. The van der Waals surface area contributed by atoms with Crippen molar-refractivity contribution in [3.05, 3.63) is 35.4 Å². The van der Waals surface area contributed by atoms with Crippen molar-refractivity contribution in [3.63, 3.8) is 0 Å². The maximum atomic E-state index is 14.0. The molecule has 0 saturated heterocycles. The Labute approximate surface area is 121 Å². The summed E-state index contributed by atoms with van der Waals surface area (Å²) in [6.07, 6.45) is 3.10. The van der Waals surface area contributed by atoms with Gasteiger partial charge in [-0.1, -0.05) is 26.3 Å². The Hall–Kier alpha value is -1.00. The van der Waals surface area contributed by atoms with Gasteiger partial charge in [0.2, 0.25) is 0 Å². The fraction of sp³-hybridized carbons (Fsp3) is 0.625.